The minimum atomic E-state index is 0.722. The van der Waals surface area contributed by atoms with Crippen molar-refractivity contribution in [1.29, 1.82) is 0 Å². The van der Waals surface area contributed by atoms with Crippen molar-refractivity contribution in [2.24, 2.45) is 0 Å². The molecule has 1 heterocycles. The van der Waals surface area contributed by atoms with E-state index < -0.39 is 0 Å². The van der Waals surface area contributed by atoms with Crippen molar-refractivity contribution >= 4 is 48.0 Å². The average molecular weight is 260 g/mol. The van der Waals surface area contributed by atoms with Crippen LogP contribution in [0.1, 0.15) is 0 Å². The van der Waals surface area contributed by atoms with E-state index in [0.717, 1.165) is 25.0 Å². The smallest absolute Gasteiger partial charge is 0.122 e. The van der Waals surface area contributed by atoms with Crippen LogP contribution in [0.15, 0.2) is 28.5 Å². The van der Waals surface area contributed by atoms with Gasteiger partial charge in [0.15, 0.2) is 0 Å². The predicted molar refractivity (Wildman–Crippen MR) is 67.2 cm³/mol. The molecule has 1 N–H and O–H groups in total. The van der Waals surface area contributed by atoms with Gasteiger partial charge in [-0.3, -0.25) is 0 Å². The number of rotatable bonds is 1. The Morgan fingerprint density at radius 3 is 2.43 bits per heavy atom. The van der Waals surface area contributed by atoms with Gasteiger partial charge in [0, 0.05) is 10.6 Å². The van der Waals surface area contributed by atoms with Gasteiger partial charge in [0.25, 0.3) is 0 Å². The number of nitrogens with one attached hydrogen (secondary N) is 1. The molecular formula is C9H6ClNS3. The first-order valence-corrected chi connectivity index (χ1v) is 5.90. The minimum absolute atomic E-state index is 0.722. The molecule has 0 atom stereocenters. The van der Waals surface area contributed by atoms with Crippen molar-refractivity contribution in [2.45, 2.75) is 4.21 Å². The number of H-pyrrole nitrogens is 1. The quantitative estimate of drug-likeness (QED) is 0.572. The van der Waals surface area contributed by atoms with E-state index in [4.69, 9.17) is 23.8 Å². The topological polar surface area (TPSA) is 15.8 Å². The summed E-state index contributed by atoms with van der Waals surface area (Å²) in [5.74, 6) is 0. The molecule has 1 aromatic heterocycles. The Hall–Kier alpha value is -0.290. The molecule has 0 amide bonds. The Bertz CT molecular complexity index is 498. The number of halogens is 1. The van der Waals surface area contributed by atoms with Gasteiger partial charge in [-0.25, -0.2) is 0 Å². The lowest BCUT2D eigenvalue weighted by Crippen LogP contribution is -1.75. The number of aromatic amines is 1. The highest BCUT2D eigenvalue weighted by molar-refractivity contribution is 7.83. The summed E-state index contributed by atoms with van der Waals surface area (Å²) in [5, 5.41) is 0.722. The number of hydrogen-bond acceptors (Lipinski definition) is 3. The number of hydrogen-bond donors (Lipinski definition) is 2. The molecule has 0 aliphatic heterocycles. The molecule has 5 heteroatoms. The van der Waals surface area contributed by atoms with Crippen LogP contribution in [0.2, 0.25) is 5.02 Å². The lowest BCUT2D eigenvalue weighted by Gasteiger charge is -1.98. The molecule has 0 unspecified atom stereocenters. The zero-order chi connectivity index (χ0) is 10.1. The Kier molecular flexibility index (Phi) is 2.97. The van der Waals surface area contributed by atoms with E-state index in [9.17, 15) is 0 Å². The van der Waals surface area contributed by atoms with Gasteiger partial charge in [0.1, 0.15) is 4.64 Å². The average Bonchev–Trinajstić information content (AvgIpc) is 2.49. The Morgan fingerprint density at radius 2 is 1.93 bits per heavy atom. The van der Waals surface area contributed by atoms with Gasteiger partial charge >= 0.3 is 0 Å². The van der Waals surface area contributed by atoms with Crippen LogP contribution in [0.4, 0.5) is 0 Å². The molecule has 0 fully saturated rings. The van der Waals surface area contributed by atoms with Crippen molar-refractivity contribution < 1.29 is 0 Å². The summed E-state index contributed by atoms with van der Waals surface area (Å²) >= 11 is 16.7. The van der Waals surface area contributed by atoms with E-state index in [1.807, 2.05) is 24.3 Å². The fourth-order valence-electron chi connectivity index (χ4n) is 1.16. The maximum Gasteiger partial charge on any atom is 0.122 e. The number of aromatic nitrogens is 1. The Balaban J connectivity index is 2.60. The van der Waals surface area contributed by atoms with Crippen molar-refractivity contribution in [3.63, 3.8) is 0 Å². The van der Waals surface area contributed by atoms with Crippen LogP contribution < -0.4 is 0 Å². The predicted octanol–water partition coefficient (Wildman–Crippen LogP) is 4.41. The van der Waals surface area contributed by atoms with Crippen molar-refractivity contribution in [1.82, 2.24) is 4.37 Å². The van der Waals surface area contributed by atoms with Gasteiger partial charge in [-0.05, 0) is 17.7 Å². The van der Waals surface area contributed by atoms with Crippen LogP contribution in [0.3, 0.4) is 0 Å². The fourth-order valence-corrected chi connectivity index (χ4v) is 2.77. The highest BCUT2D eigenvalue weighted by Gasteiger charge is 2.06. The molecule has 0 bridgehead atoms. The highest BCUT2D eigenvalue weighted by Crippen LogP contribution is 2.31. The van der Waals surface area contributed by atoms with Crippen LogP contribution in [-0.2, 0) is 0 Å². The molecule has 0 saturated carbocycles. The molecule has 0 aliphatic rings. The molecular weight excluding hydrogens is 254 g/mol. The zero-order valence-corrected chi connectivity index (χ0v) is 10.2. The third kappa shape index (κ3) is 1.88. The maximum absolute atomic E-state index is 5.80. The maximum atomic E-state index is 5.80. The third-order valence-electron chi connectivity index (χ3n) is 1.81. The SMILES string of the molecule is S=c1[nH]sc(S)c1-c1ccc(Cl)cc1. The first-order chi connectivity index (χ1) is 6.68. The van der Waals surface area contributed by atoms with E-state index in [-0.39, 0.29) is 0 Å². The molecule has 0 spiro atoms. The highest BCUT2D eigenvalue weighted by atomic mass is 35.5. The molecule has 2 aromatic rings. The lowest BCUT2D eigenvalue weighted by atomic mass is 10.1. The summed E-state index contributed by atoms with van der Waals surface area (Å²) in [5.41, 5.74) is 2.02. The van der Waals surface area contributed by atoms with E-state index in [0.29, 0.717) is 0 Å². The summed E-state index contributed by atoms with van der Waals surface area (Å²) in [7, 11) is 0. The first-order valence-electron chi connectivity index (χ1n) is 3.85. The van der Waals surface area contributed by atoms with Crippen molar-refractivity contribution in [2.75, 3.05) is 0 Å². The molecule has 72 valence electrons. The first kappa shape index (κ1) is 10.2. The van der Waals surface area contributed by atoms with E-state index in [1.54, 1.807) is 0 Å². The number of benzene rings is 1. The van der Waals surface area contributed by atoms with Gasteiger partial charge in [0.05, 0.1) is 4.21 Å². The second-order valence-corrected chi connectivity index (χ2v) is 5.13. The van der Waals surface area contributed by atoms with Crippen LogP contribution in [-0.4, -0.2) is 4.37 Å². The van der Waals surface area contributed by atoms with Crippen molar-refractivity contribution in [3.8, 4) is 11.1 Å². The second kappa shape index (κ2) is 4.06. The van der Waals surface area contributed by atoms with Gasteiger partial charge in [-0.2, -0.15) is 0 Å². The van der Waals surface area contributed by atoms with Crippen molar-refractivity contribution in [3.05, 3.63) is 33.9 Å². The summed E-state index contributed by atoms with van der Waals surface area (Å²) < 4.78 is 4.62. The second-order valence-electron chi connectivity index (χ2n) is 2.72. The van der Waals surface area contributed by atoms with E-state index in [2.05, 4.69) is 17.0 Å². The van der Waals surface area contributed by atoms with E-state index >= 15 is 0 Å². The summed E-state index contributed by atoms with van der Waals surface area (Å²) in [6, 6.07) is 7.56. The molecule has 1 nitrogen and oxygen atoms in total. The molecule has 1 aromatic carbocycles. The standard InChI is InChI=1S/C9H6ClNS3/c10-6-3-1-5(2-4-6)7-8(12)11-14-9(7)13/h1-4,13H,(H,11,12). The van der Waals surface area contributed by atoms with Crippen LogP contribution in [0, 0.1) is 4.64 Å². The molecule has 14 heavy (non-hydrogen) atoms. The van der Waals surface area contributed by atoms with Crippen LogP contribution >= 0.6 is 48.0 Å². The Morgan fingerprint density at radius 1 is 1.29 bits per heavy atom. The zero-order valence-electron chi connectivity index (χ0n) is 6.95. The van der Waals surface area contributed by atoms with Crippen LogP contribution in [0.5, 0.6) is 0 Å². The molecule has 2 rings (SSSR count). The fraction of sp³-hybridized carbons (Fsp3) is 0. The summed E-state index contributed by atoms with van der Waals surface area (Å²) in [6.45, 7) is 0. The van der Waals surface area contributed by atoms with E-state index in [1.165, 1.54) is 11.5 Å². The minimum Gasteiger partial charge on any atom is -0.300 e. The third-order valence-corrected chi connectivity index (χ3v) is 3.70. The number of thiol groups is 1. The van der Waals surface area contributed by atoms with Gasteiger partial charge in [-0.15, -0.1) is 12.6 Å². The molecule has 0 radical (unpaired) electrons. The summed E-state index contributed by atoms with van der Waals surface area (Å²) in [6.07, 6.45) is 0. The van der Waals surface area contributed by atoms with Crippen LogP contribution in [0.25, 0.3) is 11.1 Å². The molecule has 0 saturated heterocycles. The van der Waals surface area contributed by atoms with Gasteiger partial charge in [0.2, 0.25) is 0 Å². The van der Waals surface area contributed by atoms with Gasteiger partial charge < -0.3 is 4.37 Å². The lowest BCUT2D eigenvalue weighted by molar-refractivity contribution is 1.50. The summed E-state index contributed by atoms with van der Waals surface area (Å²) in [4.78, 5) is 0. The normalized spacial score (nSPS) is 10.4. The molecule has 0 aliphatic carbocycles. The van der Waals surface area contributed by atoms with Gasteiger partial charge in [-0.1, -0.05) is 47.5 Å². The monoisotopic (exact) mass is 259 g/mol. The largest absolute Gasteiger partial charge is 0.300 e. The Labute approximate surface area is 101 Å².